The van der Waals surface area contributed by atoms with E-state index in [0.717, 1.165) is 4.90 Å². The van der Waals surface area contributed by atoms with E-state index in [0.29, 0.717) is 27.3 Å². The second-order valence-corrected chi connectivity index (χ2v) is 5.72. The molecular weight excluding hydrogens is 317 g/mol. The Labute approximate surface area is 138 Å². The van der Waals surface area contributed by atoms with Gasteiger partial charge in [-0.3, -0.25) is 14.5 Å². The zero-order valence-corrected chi connectivity index (χ0v) is 13.1. The van der Waals surface area contributed by atoms with Crippen molar-refractivity contribution in [3.63, 3.8) is 0 Å². The van der Waals surface area contributed by atoms with Crippen LogP contribution in [0.4, 0.5) is 4.39 Å². The number of halogens is 2. The summed E-state index contributed by atoms with van der Waals surface area (Å²) in [4.78, 5) is 25.4. The maximum atomic E-state index is 14.5. The van der Waals surface area contributed by atoms with Crippen molar-refractivity contribution in [3.8, 4) is 0 Å². The fraction of sp³-hybridized carbons (Fsp3) is 0.111. The lowest BCUT2D eigenvalue weighted by atomic mass is 10.1. The van der Waals surface area contributed by atoms with E-state index < -0.39 is 17.6 Å². The van der Waals surface area contributed by atoms with Gasteiger partial charge in [0.1, 0.15) is 5.83 Å². The molecule has 0 aromatic heterocycles. The van der Waals surface area contributed by atoms with E-state index in [2.05, 4.69) is 0 Å². The zero-order chi connectivity index (χ0) is 16.6. The molecule has 0 N–H and O–H groups in total. The monoisotopic (exact) mass is 329 g/mol. The Morgan fingerprint density at radius 3 is 2.22 bits per heavy atom. The van der Waals surface area contributed by atoms with Gasteiger partial charge in [-0.2, -0.15) is 0 Å². The fourth-order valence-corrected chi connectivity index (χ4v) is 2.71. The first-order chi connectivity index (χ1) is 11.0. The van der Waals surface area contributed by atoms with Crippen molar-refractivity contribution in [1.29, 1.82) is 0 Å². The summed E-state index contributed by atoms with van der Waals surface area (Å²) in [5, 5.41) is 0.496. The summed E-state index contributed by atoms with van der Waals surface area (Å²) in [5.41, 5.74) is 1.59. The van der Waals surface area contributed by atoms with Gasteiger partial charge >= 0.3 is 0 Å². The molecule has 0 saturated carbocycles. The van der Waals surface area contributed by atoms with Crippen LogP contribution in [-0.2, 0) is 0 Å². The fourth-order valence-electron chi connectivity index (χ4n) is 2.52. The summed E-state index contributed by atoms with van der Waals surface area (Å²) < 4.78 is 14.5. The molecule has 3 rings (SSSR count). The summed E-state index contributed by atoms with van der Waals surface area (Å²) in [6.07, 6.45) is 0. The van der Waals surface area contributed by atoms with Gasteiger partial charge in [0.15, 0.2) is 0 Å². The number of carbonyl (C=O) groups excluding carboxylic acids is 2. The van der Waals surface area contributed by atoms with E-state index in [1.54, 1.807) is 55.5 Å². The van der Waals surface area contributed by atoms with Crippen LogP contribution >= 0.6 is 11.6 Å². The normalized spacial score (nSPS) is 14.8. The topological polar surface area (TPSA) is 37.4 Å². The molecule has 0 atom stereocenters. The number of hydrogen-bond acceptors (Lipinski definition) is 2. The molecule has 1 aliphatic rings. The zero-order valence-electron chi connectivity index (χ0n) is 12.3. The van der Waals surface area contributed by atoms with Gasteiger partial charge in [0.05, 0.1) is 17.7 Å². The number of carbonyl (C=O) groups is 2. The molecule has 0 radical (unpaired) electrons. The van der Waals surface area contributed by atoms with Gasteiger partial charge in [0, 0.05) is 5.02 Å². The molecule has 116 valence electrons. The van der Waals surface area contributed by atoms with Crippen LogP contribution in [0.5, 0.6) is 0 Å². The van der Waals surface area contributed by atoms with E-state index in [-0.39, 0.29) is 6.54 Å². The third-order valence-corrected chi connectivity index (χ3v) is 4.07. The lowest BCUT2D eigenvalue weighted by Crippen LogP contribution is -2.31. The highest BCUT2D eigenvalue weighted by atomic mass is 35.5. The Bertz CT molecular complexity index is 809. The van der Waals surface area contributed by atoms with Crippen LogP contribution in [0, 0.1) is 0 Å². The predicted molar refractivity (Wildman–Crippen MR) is 87.0 cm³/mol. The molecule has 0 saturated heterocycles. The van der Waals surface area contributed by atoms with Crippen molar-refractivity contribution in [1.82, 2.24) is 4.90 Å². The second kappa shape index (κ2) is 5.97. The highest BCUT2D eigenvalue weighted by molar-refractivity contribution is 6.30. The van der Waals surface area contributed by atoms with E-state index in [1.165, 1.54) is 0 Å². The van der Waals surface area contributed by atoms with E-state index >= 15 is 0 Å². The number of hydrogen-bond donors (Lipinski definition) is 0. The number of allylic oxidation sites excluding steroid dienone is 1. The quantitative estimate of drug-likeness (QED) is 0.786. The molecule has 0 unspecified atom stereocenters. The number of imide groups is 1. The van der Waals surface area contributed by atoms with Gasteiger partial charge in [-0.15, -0.1) is 0 Å². The van der Waals surface area contributed by atoms with E-state index in [4.69, 9.17) is 11.6 Å². The molecule has 2 amide bonds. The van der Waals surface area contributed by atoms with Gasteiger partial charge in [-0.05, 0) is 42.3 Å². The Morgan fingerprint density at radius 2 is 1.65 bits per heavy atom. The molecule has 0 spiro atoms. The van der Waals surface area contributed by atoms with Crippen LogP contribution in [0.15, 0.2) is 54.4 Å². The minimum atomic E-state index is -0.540. The van der Waals surface area contributed by atoms with E-state index in [9.17, 15) is 14.0 Å². The first kappa shape index (κ1) is 15.4. The van der Waals surface area contributed by atoms with Crippen molar-refractivity contribution >= 4 is 29.0 Å². The lowest BCUT2D eigenvalue weighted by Gasteiger charge is -2.14. The molecule has 3 nitrogen and oxygen atoms in total. The third-order valence-electron chi connectivity index (χ3n) is 3.84. The second-order valence-electron chi connectivity index (χ2n) is 5.28. The molecular formula is C18H13ClFNO2. The van der Waals surface area contributed by atoms with Crippen molar-refractivity contribution in [3.05, 3.63) is 76.1 Å². The summed E-state index contributed by atoms with van der Waals surface area (Å²) in [6.45, 7) is 1.21. The predicted octanol–water partition coefficient (Wildman–Crippen LogP) is 4.34. The van der Waals surface area contributed by atoms with Crippen LogP contribution in [0.1, 0.15) is 33.2 Å². The summed E-state index contributed by atoms with van der Waals surface area (Å²) in [6, 6.07) is 13.3. The maximum absolute atomic E-state index is 14.5. The first-order valence-corrected chi connectivity index (χ1v) is 7.43. The van der Waals surface area contributed by atoms with Crippen molar-refractivity contribution in [2.75, 3.05) is 6.54 Å². The molecule has 2 aromatic carbocycles. The molecule has 1 aliphatic heterocycles. The SMILES string of the molecule is C/C(=C(\F)CN1C(=O)c2ccccc2C1=O)c1cccc(Cl)c1. The van der Waals surface area contributed by atoms with Crippen LogP contribution in [-0.4, -0.2) is 23.3 Å². The number of rotatable bonds is 3. The molecule has 0 aliphatic carbocycles. The molecule has 23 heavy (non-hydrogen) atoms. The Morgan fingerprint density at radius 1 is 1.04 bits per heavy atom. The summed E-state index contributed by atoms with van der Waals surface area (Å²) >= 11 is 5.91. The smallest absolute Gasteiger partial charge is 0.261 e. The summed E-state index contributed by atoms with van der Waals surface area (Å²) in [7, 11) is 0. The standard InChI is InChI=1S/C18H13ClFNO2/c1-11(12-5-4-6-13(19)9-12)16(20)10-21-17(22)14-7-2-3-8-15(14)18(21)23/h2-9H,10H2,1H3/b16-11+. The largest absolute Gasteiger partial charge is 0.269 e. The highest BCUT2D eigenvalue weighted by Crippen LogP contribution is 2.27. The average Bonchev–Trinajstić information content (AvgIpc) is 2.79. The van der Waals surface area contributed by atoms with Crippen LogP contribution in [0.3, 0.4) is 0 Å². The third kappa shape index (κ3) is 2.78. The molecule has 1 heterocycles. The molecule has 0 bridgehead atoms. The Balaban J connectivity index is 1.89. The van der Waals surface area contributed by atoms with Gasteiger partial charge < -0.3 is 0 Å². The average molecular weight is 330 g/mol. The minimum Gasteiger partial charge on any atom is -0.269 e. The highest BCUT2D eigenvalue weighted by Gasteiger charge is 2.35. The minimum absolute atomic E-state index is 0.311. The molecule has 0 fully saturated rings. The van der Waals surface area contributed by atoms with Crippen LogP contribution in [0.25, 0.3) is 5.57 Å². The number of fused-ring (bicyclic) bond motifs is 1. The van der Waals surface area contributed by atoms with E-state index in [1.807, 2.05) is 0 Å². The van der Waals surface area contributed by atoms with Gasteiger partial charge in [-0.25, -0.2) is 4.39 Å². The van der Waals surface area contributed by atoms with Crippen molar-refractivity contribution in [2.24, 2.45) is 0 Å². The first-order valence-electron chi connectivity index (χ1n) is 7.05. The summed E-state index contributed by atoms with van der Waals surface area (Å²) in [5.74, 6) is -1.49. The number of benzene rings is 2. The number of nitrogens with zero attached hydrogens (tertiary/aromatic N) is 1. The van der Waals surface area contributed by atoms with Crippen LogP contribution in [0.2, 0.25) is 5.02 Å². The number of amides is 2. The Kier molecular flexibility index (Phi) is 4.01. The van der Waals surface area contributed by atoms with Crippen molar-refractivity contribution in [2.45, 2.75) is 6.92 Å². The Hall–Kier alpha value is -2.46. The van der Waals surface area contributed by atoms with Gasteiger partial charge in [0.2, 0.25) is 0 Å². The maximum Gasteiger partial charge on any atom is 0.261 e. The van der Waals surface area contributed by atoms with Crippen LogP contribution < -0.4 is 0 Å². The lowest BCUT2D eigenvalue weighted by molar-refractivity contribution is 0.0660. The molecule has 5 heteroatoms. The van der Waals surface area contributed by atoms with Crippen molar-refractivity contribution < 1.29 is 14.0 Å². The van der Waals surface area contributed by atoms with Gasteiger partial charge in [0.25, 0.3) is 11.8 Å². The van der Waals surface area contributed by atoms with Gasteiger partial charge in [-0.1, -0.05) is 35.9 Å². The molecule has 2 aromatic rings.